The molecule has 0 aliphatic rings. The van der Waals surface area contributed by atoms with Crippen molar-refractivity contribution in [3.05, 3.63) is 23.2 Å². The van der Waals surface area contributed by atoms with Crippen LogP contribution in [0.2, 0.25) is 0 Å². The number of amides is 1. The third-order valence-electron chi connectivity index (χ3n) is 2.19. The summed E-state index contributed by atoms with van der Waals surface area (Å²) in [6.45, 7) is 4.92. The van der Waals surface area contributed by atoms with Gasteiger partial charge in [0.2, 0.25) is 0 Å². The molecule has 3 nitrogen and oxygen atoms in total. The highest BCUT2D eigenvalue weighted by molar-refractivity contribution is 8.01. The van der Waals surface area contributed by atoms with Gasteiger partial charge in [0.05, 0.1) is 6.20 Å². The van der Waals surface area contributed by atoms with Crippen molar-refractivity contribution in [2.75, 3.05) is 12.3 Å². The Bertz CT molecular complexity index is 388. The average molecular weight is 284 g/mol. The summed E-state index contributed by atoms with van der Waals surface area (Å²) in [6.07, 6.45) is 9.11. The van der Waals surface area contributed by atoms with Crippen LogP contribution >= 0.6 is 23.1 Å². The molecule has 0 saturated heterocycles. The maximum atomic E-state index is 11.8. The van der Waals surface area contributed by atoms with E-state index in [1.54, 1.807) is 18.0 Å². The first-order valence-corrected chi connectivity index (χ1v) is 8.10. The highest BCUT2D eigenvalue weighted by atomic mass is 32.2. The minimum atomic E-state index is -0.0145. The van der Waals surface area contributed by atoms with Crippen LogP contribution in [0, 0.1) is 0 Å². The first kappa shape index (κ1) is 15.2. The Morgan fingerprint density at radius 2 is 2.22 bits per heavy atom. The summed E-state index contributed by atoms with van der Waals surface area (Å²) in [4.78, 5) is 16.7. The fourth-order valence-electron chi connectivity index (χ4n) is 1.31. The molecule has 0 atom stereocenters. The Kier molecular flexibility index (Phi) is 7.76. The first-order chi connectivity index (χ1) is 8.77. The number of carbonyl (C=O) groups excluding carboxylic acids is 1. The number of nitrogens with zero attached hydrogens (tertiary/aromatic N) is 1. The van der Waals surface area contributed by atoms with Gasteiger partial charge < -0.3 is 5.32 Å². The largest absolute Gasteiger partial charge is 0.351 e. The van der Waals surface area contributed by atoms with Gasteiger partial charge in [-0.3, -0.25) is 4.79 Å². The summed E-state index contributed by atoms with van der Waals surface area (Å²) in [7, 11) is 0. The normalized spacial score (nSPS) is 11.0. The number of aromatic nitrogens is 1. The molecule has 5 heteroatoms. The van der Waals surface area contributed by atoms with E-state index in [0.29, 0.717) is 11.4 Å². The second-order valence-corrected chi connectivity index (χ2v) is 6.27. The molecule has 1 N–H and O–H groups in total. The minimum absolute atomic E-state index is 0.0145. The van der Waals surface area contributed by atoms with Gasteiger partial charge in [-0.2, -0.15) is 0 Å². The van der Waals surface area contributed by atoms with Gasteiger partial charge in [-0.25, -0.2) is 4.98 Å². The highest BCUT2D eigenvalue weighted by Crippen LogP contribution is 2.23. The van der Waals surface area contributed by atoms with Gasteiger partial charge in [0.15, 0.2) is 4.34 Å². The number of carbonyl (C=O) groups is 1. The smallest absolute Gasteiger partial charge is 0.263 e. The van der Waals surface area contributed by atoms with Crippen LogP contribution in [0.3, 0.4) is 0 Å². The second kappa shape index (κ2) is 9.16. The summed E-state index contributed by atoms with van der Waals surface area (Å²) >= 11 is 3.13. The molecule has 1 rings (SSSR count). The molecule has 100 valence electrons. The monoisotopic (exact) mass is 284 g/mol. The van der Waals surface area contributed by atoms with E-state index < -0.39 is 0 Å². The lowest BCUT2D eigenvalue weighted by Gasteiger charge is -1.99. The molecule has 0 spiro atoms. The fraction of sp³-hybridized carbons (Fsp3) is 0.538. The van der Waals surface area contributed by atoms with Gasteiger partial charge in [-0.15, -0.1) is 11.3 Å². The third-order valence-corrected chi connectivity index (χ3v) is 4.23. The topological polar surface area (TPSA) is 42.0 Å². The predicted octanol–water partition coefficient (Wildman–Crippen LogP) is 3.73. The van der Waals surface area contributed by atoms with Crippen LogP contribution in [0.1, 0.15) is 42.8 Å². The summed E-state index contributed by atoms with van der Waals surface area (Å²) in [5, 5.41) is 2.90. The number of allylic oxidation sites excluding steroid dienone is 1. The van der Waals surface area contributed by atoms with Crippen molar-refractivity contribution in [2.24, 2.45) is 0 Å². The Balaban J connectivity index is 2.27. The molecule has 0 bridgehead atoms. The van der Waals surface area contributed by atoms with Crippen LogP contribution in [0.25, 0.3) is 0 Å². The van der Waals surface area contributed by atoms with E-state index in [1.807, 2.05) is 0 Å². The number of thioether (sulfide) groups is 1. The Morgan fingerprint density at radius 3 is 2.94 bits per heavy atom. The van der Waals surface area contributed by atoms with Crippen LogP contribution < -0.4 is 5.32 Å². The van der Waals surface area contributed by atoms with Crippen LogP contribution in [-0.4, -0.2) is 23.2 Å². The maximum absolute atomic E-state index is 11.8. The minimum Gasteiger partial charge on any atom is -0.351 e. The fourth-order valence-corrected chi connectivity index (χ4v) is 3.11. The number of rotatable bonds is 8. The summed E-state index contributed by atoms with van der Waals surface area (Å²) in [5.41, 5.74) is 0. The lowest BCUT2D eigenvalue weighted by atomic mass is 10.3. The molecule has 1 heterocycles. The number of hydrogen-bond donors (Lipinski definition) is 1. The van der Waals surface area contributed by atoms with Crippen molar-refractivity contribution in [1.29, 1.82) is 0 Å². The lowest BCUT2D eigenvalue weighted by Crippen LogP contribution is -2.23. The standard InChI is InChI=1S/C13H20N2OS2/c1-3-5-6-7-8-9-14-12(16)11-10-15-13(18-11)17-4-2/h6-7,10H,3-5,8-9H2,1-2H3,(H,14,16)/b7-6-. The van der Waals surface area contributed by atoms with Crippen molar-refractivity contribution in [1.82, 2.24) is 10.3 Å². The zero-order valence-electron chi connectivity index (χ0n) is 10.9. The molecular formula is C13H20N2OS2. The molecule has 0 aliphatic heterocycles. The van der Waals surface area contributed by atoms with Gasteiger partial charge in [0, 0.05) is 6.54 Å². The van der Waals surface area contributed by atoms with Gasteiger partial charge in [0.1, 0.15) is 4.88 Å². The van der Waals surface area contributed by atoms with Crippen LogP contribution in [0.4, 0.5) is 0 Å². The number of thiazole rings is 1. The summed E-state index contributed by atoms with van der Waals surface area (Å²) < 4.78 is 0.963. The molecule has 0 radical (unpaired) electrons. The van der Waals surface area contributed by atoms with E-state index in [-0.39, 0.29) is 5.91 Å². The number of hydrogen-bond acceptors (Lipinski definition) is 4. The first-order valence-electron chi connectivity index (χ1n) is 6.29. The Labute approximate surface area is 117 Å². The quantitative estimate of drug-likeness (QED) is 0.449. The molecule has 0 aromatic carbocycles. The zero-order chi connectivity index (χ0) is 13.2. The molecular weight excluding hydrogens is 264 g/mol. The summed E-state index contributed by atoms with van der Waals surface area (Å²) in [5.74, 6) is 0.968. The van der Waals surface area contributed by atoms with E-state index in [2.05, 4.69) is 36.3 Å². The van der Waals surface area contributed by atoms with Crippen molar-refractivity contribution in [3.8, 4) is 0 Å². The molecule has 0 unspecified atom stereocenters. The summed E-state index contributed by atoms with van der Waals surface area (Å²) in [6, 6.07) is 0. The van der Waals surface area contributed by atoms with E-state index in [0.717, 1.165) is 22.9 Å². The zero-order valence-corrected chi connectivity index (χ0v) is 12.6. The SMILES string of the molecule is CCC/C=C\CCNC(=O)c1cnc(SCC)s1. The van der Waals surface area contributed by atoms with E-state index in [4.69, 9.17) is 0 Å². The molecule has 1 amide bonds. The highest BCUT2D eigenvalue weighted by Gasteiger charge is 2.09. The number of nitrogens with one attached hydrogen (secondary N) is 1. The lowest BCUT2D eigenvalue weighted by molar-refractivity contribution is 0.0958. The molecule has 1 aromatic rings. The predicted molar refractivity (Wildman–Crippen MR) is 79.5 cm³/mol. The average Bonchev–Trinajstić information content (AvgIpc) is 2.82. The van der Waals surface area contributed by atoms with Crippen molar-refractivity contribution in [2.45, 2.75) is 37.4 Å². The van der Waals surface area contributed by atoms with E-state index in [9.17, 15) is 4.79 Å². The molecule has 1 aromatic heterocycles. The Morgan fingerprint density at radius 1 is 1.44 bits per heavy atom. The van der Waals surface area contributed by atoms with Gasteiger partial charge in [0.25, 0.3) is 5.91 Å². The number of unbranched alkanes of at least 4 members (excludes halogenated alkanes) is 1. The third kappa shape index (κ3) is 5.69. The van der Waals surface area contributed by atoms with Gasteiger partial charge in [-0.05, 0) is 18.6 Å². The van der Waals surface area contributed by atoms with Crippen LogP contribution in [-0.2, 0) is 0 Å². The molecule has 0 aliphatic carbocycles. The van der Waals surface area contributed by atoms with E-state index in [1.165, 1.54) is 17.8 Å². The van der Waals surface area contributed by atoms with Crippen molar-refractivity contribution in [3.63, 3.8) is 0 Å². The van der Waals surface area contributed by atoms with Gasteiger partial charge in [-0.1, -0.05) is 44.2 Å². The van der Waals surface area contributed by atoms with E-state index >= 15 is 0 Å². The maximum Gasteiger partial charge on any atom is 0.263 e. The molecule has 18 heavy (non-hydrogen) atoms. The van der Waals surface area contributed by atoms with Gasteiger partial charge >= 0.3 is 0 Å². The van der Waals surface area contributed by atoms with Crippen molar-refractivity contribution >= 4 is 29.0 Å². The Hall–Kier alpha value is -0.810. The molecule has 0 fully saturated rings. The second-order valence-electron chi connectivity index (χ2n) is 3.73. The van der Waals surface area contributed by atoms with Crippen LogP contribution in [0.15, 0.2) is 22.7 Å². The van der Waals surface area contributed by atoms with Crippen molar-refractivity contribution < 1.29 is 4.79 Å². The molecule has 0 saturated carbocycles. The van der Waals surface area contributed by atoms with Crippen LogP contribution in [0.5, 0.6) is 0 Å².